The molecule has 0 atom stereocenters. The number of hydrogen-bond donors (Lipinski definition) is 1. The van der Waals surface area contributed by atoms with Crippen molar-refractivity contribution in [3.8, 4) is 0 Å². The van der Waals surface area contributed by atoms with Gasteiger partial charge in [-0.3, -0.25) is 14.0 Å². The van der Waals surface area contributed by atoms with Gasteiger partial charge in [0, 0.05) is 24.1 Å². The van der Waals surface area contributed by atoms with E-state index >= 15 is 0 Å². The maximum Gasteiger partial charge on any atom is 0.294 e. The minimum absolute atomic E-state index is 0.199. The second kappa shape index (κ2) is 8.21. The van der Waals surface area contributed by atoms with Gasteiger partial charge in [0.1, 0.15) is 0 Å². The van der Waals surface area contributed by atoms with Crippen molar-refractivity contribution >= 4 is 28.7 Å². The molecule has 0 unspecified atom stereocenters. The van der Waals surface area contributed by atoms with Gasteiger partial charge in [0.2, 0.25) is 5.82 Å². The van der Waals surface area contributed by atoms with Crippen molar-refractivity contribution in [2.24, 2.45) is 0 Å². The van der Waals surface area contributed by atoms with Crippen LogP contribution in [0.15, 0.2) is 79.0 Å². The SMILES string of the molecule is CCN(C(=O)c1nc(C(=O)Nc2ccc(C)cc2)c2ccccn12)c1ccccc1. The summed E-state index contributed by atoms with van der Waals surface area (Å²) in [6.07, 6.45) is 1.75. The Bertz CT molecular complexity index is 1200. The first-order chi connectivity index (χ1) is 14.6. The molecule has 2 amide bonds. The summed E-state index contributed by atoms with van der Waals surface area (Å²) in [6, 6.07) is 22.4. The molecule has 0 aliphatic carbocycles. The van der Waals surface area contributed by atoms with E-state index in [0.717, 1.165) is 11.3 Å². The first-order valence-corrected chi connectivity index (χ1v) is 9.80. The fourth-order valence-corrected chi connectivity index (χ4v) is 3.36. The van der Waals surface area contributed by atoms with Gasteiger partial charge in [-0.2, -0.15) is 0 Å². The van der Waals surface area contributed by atoms with Crippen molar-refractivity contribution in [1.29, 1.82) is 0 Å². The quantitative estimate of drug-likeness (QED) is 0.536. The minimum Gasteiger partial charge on any atom is -0.321 e. The number of aromatic nitrogens is 2. The Morgan fingerprint density at radius 2 is 1.67 bits per heavy atom. The van der Waals surface area contributed by atoms with Crippen molar-refractivity contribution in [2.45, 2.75) is 13.8 Å². The number of pyridine rings is 1. The van der Waals surface area contributed by atoms with Crippen LogP contribution in [0.25, 0.3) is 5.52 Å². The number of carbonyl (C=O) groups is 2. The summed E-state index contributed by atoms with van der Waals surface area (Å²) in [4.78, 5) is 32.4. The second-order valence-electron chi connectivity index (χ2n) is 6.95. The van der Waals surface area contributed by atoms with Gasteiger partial charge in [0.15, 0.2) is 5.69 Å². The fourth-order valence-electron chi connectivity index (χ4n) is 3.36. The number of carbonyl (C=O) groups excluding carboxylic acids is 2. The number of imidazole rings is 1. The Morgan fingerprint density at radius 3 is 2.37 bits per heavy atom. The Labute approximate surface area is 174 Å². The number of nitrogens with one attached hydrogen (secondary N) is 1. The van der Waals surface area contributed by atoms with Crippen molar-refractivity contribution in [3.05, 3.63) is 96.1 Å². The highest BCUT2D eigenvalue weighted by molar-refractivity contribution is 6.10. The minimum atomic E-state index is -0.357. The van der Waals surface area contributed by atoms with Gasteiger partial charge in [0.05, 0.1) is 5.52 Å². The molecule has 6 heteroatoms. The van der Waals surface area contributed by atoms with Gasteiger partial charge in [-0.25, -0.2) is 4.98 Å². The maximum atomic E-state index is 13.3. The molecule has 150 valence electrons. The van der Waals surface area contributed by atoms with Crippen LogP contribution in [0.4, 0.5) is 11.4 Å². The summed E-state index contributed by atoms with van der Waals surface area (Å²) in [7, 11) is 0. The standard InChI is InChI=1S/C24H22N4O2/c1-3-27(19-9-5-4-6-10-19)24(30)22-26-21(20-11-7-8-16-28(20)22)23(29)25-18-14-12-17(2)13-15-18/h4-16H,3H2,1-2H3,(H,25,29). The first kappa shape index (κ1) is 19.4. The summed E-state index contributed by atoms with van der Waals surface area (Å²) in [5, 5.41) is 2.87. The number of nitrogens with zero attached hydrogens (tertiary/aromatic N) is 3. The Hall–Kier alpha value is -3.93. The van der Waals surface area contributed by atoms with Crippen molar-refractivity contribution in [3.63, 3.8) is 0 Å². The number of hydrogen-bond acceptors (Lipinski definition) is 3. The largest absolute Gasteiger partial charge is 0.321 e. The smallest absolute Gasteiger partial charge is 0.294 e. The van der Waals surface area contributed by atoms with E-state index in [-0.39, 0.29) is 23.3 Å². The van der Waals surface area contributed by atoms with Gasteiger partial charge in [-0.05, 0) is 50.2 Å². The third-order valence-corrected chi connectivity index (χ3v) is 4.89. The summed E-state index contributed by atoms with van der Waals surface area (Å²) >= 11 is 0. The molecule has 0 radical (unpaired) electrons. The van der Waals surface area contributed by atoms with Crippen LogP contribution >= 0.6 is 0 Å². The molecule has 0 spiro atoms. The Morgan fingerprint density at radius 1 is 0.967 bits per heavy atom. The fraction of sp³-hybridized carbons (Fsp3) is 0.125. The predicted molar refractivity (Wildman–Crippen MR) is 118 cm³/mol. The number of fused-ring (bicyclic) bond motifs is 1. The van der Waals surface area contributed by atoms with Gasteiger partial charge in [-0.1, -0.05) is 42.0 Å². The highest BCUT2D eigenvalue weighted by Gasteiger charge is 2.25. The molecule has 0 saturated heterocycles. The average molecular weight is 398 g/mol. The molecule has 1 N–H and O–H groups in total. The molecule has 2 aromatic carbocycles. The van der Waals surface area contributed by atoms with E-state index in [9.17, 15) is 9.59 Å². The topological polar surface area (TPSA) is 66.7 Å². The second-order valence-corrected chi connectivity index (χ2v) is 6.95. The van der Waals surface area contributed by atoms with Crippen molar-refractivity contribution < 1.29 is 9.59 Å². The summed E-state index contributed by atoms with van der Waals surface area (Å²) in [5.74, 6) is -0.422. The summed E-state index contributed by atoms with van der Waals surface area (Å²) in [5.41, 5.74) is 3.35. The number of amides is 2. The molecule has 0 fully saturated rings. The lowest BCUT2D eigenvalue weighted by atomic mass is 10.2. The molecule has 6 nitrogen and oxygen atoms in total. The maximum absolute atomic E-state index is 13.3. The van der Waals surface area contributed by atoms with Gasteiger partial charge < -0.3 is 10.2 Å². The third-order valence-electron chi connectivity index (χ3n) is 4.89. The van der Waals surface area contributed by atoms with Crippen LogP contribution < -0.4 is 10.2 Å². The molecule has 4 rings (SSSR count). The van der Waals surface area contributed by atoms with Gasteiger partial charge >= 0.3 is 0 Å². The van der Waals surface area contributed by atoms with Crippen LogP contribution in [-0.2, 0) is 0 Å². The zero-order valence-corrected chi connectivity index (χ0v) is 16.9. The molecule has 30 heavy (non-hydrogen) atoms. The van der Waals surface area contributed by atoms with Crippen LogP contribution in [0.3, 0.4) is 0 Å². The first-order valence-electron chi connectivity index (χ1n) is 9.80. The van der Waals surface area contributed by atoms with E-state index in [1.807, 2.05) is 80.6 Å². The highest BCUT2D eigenvalue weighted by atomic mass is 16.2. The number of rotatable bonds is 5. The normalized spacial score (nSPS) is 10.7. The summed E-state index contributed by atoms with van der Waals surface area (Å²) < 4.78 is 1.66. The Balaban J connectivity index is 1.72. The lowest BCUT2D eigenvalue weighted by molar-refractivity contribution is 0.0978. The van der Waals surface area contributed by atoms with Gasteiger partial charge in [0.25, 0.3) is 11.8 Å². The molecule has 4 aromatic rings. The van der Waals surface area contributed by atoms with Gasteiger partial charge in [-0.15, -0.1) is 0 Å². The number of aryl methyl sites for hydroxylation is 1. The molecule has 0 bridgehead atoms. The van der Waals surface area contributed by atoms with E-state index in [2.05, 4.69) is 10.3 Å². The number of anilines is 2. The van der Waals surface area contributed by atoms with E-state index in [4.69, 9.17) is 0 Å². The third kappa shape index (κ3) is 3.67. The van der Waals surface area contributed by atoms with E-state index in [0.29, 0.717) is 17.7 Å². The van der Waals surface area contributed by atoms with E-state index in [1.54, 1.807) is 21.6 Å². The molecule has 2 heterocycles. The van der Waals surface area contributed by atoms with Crippen LogP contribution in [0, 0.1) is 6.92 Å². The number of benzene rings is 2. The molecule has 2 aromatic heterocycles. The molecular weight excluding hydrogens is 376 g/mol. The molecular formula is C24H22N4O2. The van der Waals surface area contributed by atoms with Crippen LogP contribution in [0.5, 0.6) is 0 Å². The highest BCUT2D eigenvalue weighted by Crippen LogP contribution is 2.20. The summed E-state index contributed by atoms with van der Waals surface area (Å²) in [6.45, 7) is 4.37. The number of para-hydroxylation sites is 1. The monoisotopic (exact) mass is 398 g/mol. The lowest BCUT2D eigenvalue weighted by Crippen LogP contribution is -2.32. The molecule has 0 aliphatic rings. The zero-order chi connectivity index (χ0) is 21.1. The van der Waals surface area contributed by atoms with Crippen LogP contribution in [0.2, 0.25) is 0 Å². The van der Waals surface area contributed by atoms with E-state index in [1.165, 1.54) is 0 Å². The average Bonchev–Trinajstić information content (AvgIpc) is 3.16. The predicted octanol–water partition coefficient (Wildman–Crippen LogP) is 4.56. The van der Waals surface area contributed by atoms with Crippen molar-refractivity contribution in [2.75, 3.05) is 16.8 Å². The van der Waals surface area contributed by atoms with E-state index < -0.39 is 0 Å². The van der Waals surface area contributed by atoms with Crippen LogP contribution in [-0.4, -0.2) is 27.7 Å². The Kier molecular flexibility index (Phi) is 5.30. The molecule has 0 aliphatic heterocycles. The lowest BCUT2D eigenvalue weighted by Gasteiger charge is -2.20. The van der Waals surface area contributed by atoms with Crippen LogP contribution in [0.1, 0.15) is 33.6 Å². The molecule has 0 saturated carbocycles. The zero-order valence-electron chi connectivity index (χ0n) is 16.9. The van der Waals surface area contributed by atoms with Crippen molar-refractivity contribution in [1.82, 2.24) is 9.38 Å².